The van der Waals surface area contributed by atoms with Gasteiger partial charge in [-0.3, -0.25) is 9.69 Å². The van der Waals surface area contributed by atoms with Crippen LogP contribution < -0.4 is 5.32 Å². The molecular weight excluding hydrogens is 286 g/mol. The predicted octanol–water partition coefficient (Wildman–Crippen LogP) is 1.67. The first kappa shape index (κ1) is 14.7. The van der Waals surface area contributed by atoms with Crippen molar-refractivity contribution >= 4 is 22.4 Å². The predicted molar refractivity (Wildman–Crippen MR) is 83.8 cm³/mol. The van der Waals surface area contributed by atoms with Crippen molar-refractivity contribution < 1.29 is 4.79 Å². The lowest BCUT2D eigenvalue weighted by Gasteiger charge is -2.24. The third-order valence-corrected chi connectivity index (χ3v) is 5.09. The number of rotatable bonds is 4. The van der Waals surface area contributed by atoms with Crippen LogP contribution in [0.25, 0.3) is 0 Å². The Hall–Kier alpha value is -1.21. The Morgan fingerprint density at radius 1 is 1.33 bits per heavy atom. The van der Waals surface area contributed by atoms with E-state index < -0.39 is 0 Å². The van der Waals surface area contributed by atoms with Gasteiger partial charge in [0, 0.05) is 32.2 Å². The second-order valence-corrected chi connectivity index (χ2v) is 6.75. The van der Waals surface area contributed by atoms with Gasteiger partial charge in [-0.2, -0.15) is 0 Å². The zero-order chi connectivity index (χ0) is 14.7. The number of carbonyl (C=O) groups is 1. The summed E-state index contributed by atoms with van der Waals surface area (Å²) in [6, 6.07) is 0.544. The van der Waals surface area contributed by atoms with E-state index in [0.717, 1.165) is 44.2 Å². The fraction of sp³-hybridized carbons (Fsp3) is 0.786. The van der Waals surface area contributed by atoms with Crippen LogP contribution in [0.15, 0.2) is 0 Å². The van der Waals surface area contributed by atoms with Crippen molar-refractivity contribution in [3.63, 3.8) is 0 Å². The molecule has 7 heteroatoms. The van der Waals surface area contributed by atoms with Crippen molar-refractivity contribution in [2.75, 3.05) is 38.0 Å². The van der Waals surface area contributed by atoms with E-state index in [0.29, 0.717) is 11.0 Å². The van der Waals surface area contributed by atoms with Gasteiger partial charge in [0.2, 0.25) is 10.1 Å². The smallest absolute Gasteiger partial charge is 0.284 e. The first-order valence-corrected chi connectivity index (χ1v) is 8.70. The number of amides is 1. The summed E-state index contributed by atoms with van der Waals surface area (Å²) in [4.78, 5) is 17.1. The highest BCUT2D eigenvalue weighted by atomic mass is 32.1. The topological polar surface area (TPSA) is 61.4 Å². The van der Waals surface area contributed by atoms with Crippen LogP contribution in [0.3, 0.4) is 0 Å². The van der Waals surface area contributed by atoms with E-state index in [-0.39, 0.29) is 5.91 Å². The molecular formula is C14H23N5OS. The minimum absolute atomic E-state index is 0.0470. The molecule has 0 aliphatic carbocycles. The monoisotopic (exact) mass is 309 g/mol. The van der Waals surface area contributed by atoms with Crippen LogP contribution in [-0.4, -0.2) is 64.7 Å². The van der Waals surface area contributed by atoms with E-state index >= 15 is 0 Å². The first-order chi connectivity index (χ1) is 10.3. The highest BCUT2D eigenvalue weighted by Gasteiger charge is 2.31. The number of nitrogens with one attached hydrogen (secondary N) is 1. The van der Waals surface area contributed by atoms with Gasteiger partial charge in [0.05, 0.1) is 0 Å². The molecule has 6 nitrogen and oxygen atoms in total. The van der Waals surface area contributed by atoms with Crippen molar-refractivity contribution in [2.24, 2.45) is 0 Å². The molecule has 0 bridgehead atoms. The molecule has 0 spiro atoms. The number of nitrogens with zero attached hydrogens (tertiary/aromatic N) is 4. The Labute approximate surface area is 129 Å². The van der Waals surface area contributed by atoms with E-state index in [2.05, 4.69) is 27.3 Å². The number of hydrogen-bond acceptors (Lipinski definition) is 6. The number of carbonyl (C=O) groups excluding carboxylic acids is 1. The molecule has 1 atom stereocenters. The third-order valence-electron chi connectivity index (χ3n) is 4.22. The summed E-state index contributed by atoms with van der Waals surface area (Å²) in [5.74, 6) is 0.0470. The van der Waals surface area contributed by atoms with Crippen molar-refractivity contribution in [1.29, 1.82) is 0 Å². The molecule has 2 fully saturated rings. The average Bonchev–Trinajstić information content (AvgIpc) is 3.09. The highest BCUT2D eigenvalue weighted by molar-refractivity contribution is 7.17. The standard InChI is InChI=1S/C14H23N5OS/c1-2-6-15-14-17-16-12(21-14)13(20)19-9-4-8-18-7-3-5-11(18)10-19/h11H,2-10H2,1H3,(H,15,17). The Kier molecular flexibility index (Phi) is 4.70. The quantitative estimate of drug-likeness (QED) is 0.917. The molecule has 1 N–H and O–H groups in total. The Morgan fingerprint density at radius 2 is 2.19 bits per heavy atom. The average molecular weight is 309 g/mol. The van der Waals surface area contributed by atoms with E-state index in [1.165, 1.54) is 30.7 Å². The number of hydrogen-bond donors (Lipinski definition) is 1. The van der Waals surface area contributed by atoms with E-state index in [9.17, 15) is 4.79 Å². The largest absolute Gasteiger partial charge is 0.360 e. The van der Waals surface area contributed by atoms with Gasteiger partial charge in [-0.1, -0.05) is 18.3 Å². The van der Waals surface area contributed by atoms with E-state index in [4.69, 9.17) is 0 Å². The van der Waals surface area contributed by atoms with Gasteiger partial charge in [0.25, 0.3) is 5.91 Å². The number of anilines is 1. The van der Waals surface area contributed by atoms with Gasteiger partial charge in [-0.05, 0) is 32.2 Å². The molecule has 2 aliphatic rings. The molecule has 0 aromatic carbocycles. The fourth-order valence-corrected chi connectivity index (χ4v) is 3.88. The van der Waals surface area contributed by atoms with Crippen LogP contribution in [0.5, 0.6) is 0 Å². The summed E-state index contributed by atoms with van der Waals surface area (Å²) in [5.41, 5.74) is 0. The molecule has 0 radical (unpaired) electrons. The molecule has 1 amide bonds. The summed E-state index contributed by atoms with van der Waals surface area (Å²) in [7, 11) is 0. The molecule has 1 unspecified atom stereocenters. The molecule has 0 saturated carbocycles. The maximum absolute atomic E-state index is 12.6. The van der Waals surface area contributed by atoms with Gasteiger partial charge in [-0.25, -0.2) is 0 Å². The first-order valence-electron chi connectivity index (χ1n) is 7.88. The third kappa shape index (κ3) is 3.35. The van der Waals surface area contributed by atoms with Crippen LogP contribution in [0.4, 0.5) is 5.13 Å². The summed E-state index contributed by atoms with van der Waals surface area (Å²) in [6.07, 6.45) is 4.56. The molecule has 1 aromatic rings. The summed E-state index contributed by atoms with van der Waals surface area (Å²) >= 11 is 1.37. The Balaban J connectivity index is 1.64. The lowest BCUT2D eigenvalue weighted by molar-refractivity contribution is 0.0742. The van der Waals surface area contributed by atoms with Crippen molar-refractivity contribution in [3.8, 4) is 0 Å². The van der Waals surface area contributed by atoms with Crippen LogP contribution in [-0.2, 0) is 0 Å². The normalized spacial score (nSPS) is 22.9. The summed E-state index contributed by atoms with van der Waals surface area (Å²) < 4.78 is 0. The Morgan fingerprint density at radius 3 is 3.05 bits per heavy atom. The van der Waals surface area contributed by atoms with Crippen LogP contribution >= 0.6 is 11.3 Å². The molecule has 116 valence electrons. The molecule has 3 heterocycles. The van der Waals surface area contributed by atoms with Gasteiger partial charge in [0.1, 0.15) is 0 Å². The van der Waals surface area contributed by atoms with Crippen LogP contribution in [0.1, 0.15) is 42.4 Å². The zero-order valence-electron chi connectivity index (χ0n) is 12.5. The lowest BCUT2D eigenvalue weighted by Crippen LogP contribution is -2.39. The minimum Gasteiger partial charge on any atom is -0.360 e. The van der Waals surface area contributed by atoms with Crippen molar-refractivity contribution in [3.05, 3.63) is 5.01 Å². The Bertz CT molecular complexity index is 491. The molecule has 2 aliphatic heterocycles. The lowest BCUT2D eigenvalue weighted by atomic mass is 10.2. The second kappa shape index (κ2) is 6.70. The van der Waals surface area contributed by atoms with Gasteiger partial charge in [0.15, 0.2) is 0 Å². The van der Waals surface area contributed by atoms with E-state index in [1.54, 1.807) is 0 Å². The molecule has 1 aromatic heterocycles. The molecule has 2 saturated heterocycles. The maximum atomic E-state index is 12.6. The second-order valence-electron chi connectivity index (χ2n) is 5.78. The zero-order valence-corrected chi connectivity index (χ0v) is 13.4. The summed E-state index contributed by atoms with van der Waals surface area (Å²) in [6.45, 7) is 6.96. The van der Waals surface area contributed by atoms with E-state index in [1.807, 2.05) is 4.90 Å². The van der Waals surface area contributed by atoms with Gasteiger partial charge in [-0.15, -0.1) is 10.2 Å². The van der Waals surface area contributed by atoms with Crippen LogP contribution in [0.2, 0.25) is 0 Å². The van der Waals surface area contributed by atoms with Crippen LogP contribution in [0, 0.1) is 0 Å². The highest BCUT2D eigenvalue weighted by Crippen LogP contribution is 2.23. The van der Waals surface area contributed by atoms with Crippen molar-refractivity contribution in [2.45, 2.75) is 38.6 Å². The number of aromatic nitrogens is 2. The van der Waals surface area contributed by atoms with Gasteiger partial charge >= 0.3 is 0 Å². The van der Waals surface area contributed by atoms with Crippen molar-refractivity contribution in [1.82, 2.24) is 20.0 Å². The number of fused-ring (bicyclic) bond motifs is 1. The summed E-state index contributed by atoms with van der Waals surface area (Å²) in [5, 5.41) is 12.6. The maximum Gasteiger partial charge on any atom is 0.284 e. The van der Waals surface area contributed by atoms with Gasteiger partial charge < -0.3 is 10.2 Å². The minimum atomic E-state index is 0.0470. The SMILES string of the molecule is CCCNc1nnc(C(=O)N2CCCN3CCCC3C2)s1. The molecule has 21 heavy (non-hydrogen) atoms. The molecule has 3 rings (SSSR count). The fourth-order valence-electron chi connectivity index (χ4n) is 3.14.